The van der Waals surface area contributed by atoms with Crippen LogP contribution < -0.4 is 14.8 Å². The minimum absolute atomic E-state index is 0.199. The second-order valence-corrected chi connectivity index (χ2v) is 9.05. The Morgan fingerprint density at radius 3 is 2.55 bits per heavy atom. The van der Waals surface area contributed by atoms with E-state index in [0.717, 1.165) is 59.1 Å². The standard InChI is InChI=1S/C25H31N3O2S/c1-18(2)25(17-26,24-28-20-8-5-6-9-23(20)31-24)13-7-14-27-15-12-19-10-11-21(29-3)22(16-19)30-4/h5-6,8-11,16,18,27H,7,12-15H2,1-4H3. The van der Waals surface area contributed by atoms with Crippen LogP contribution in [0.5, 0.6) is 11.5 Å². The first kappa shape index (κ1) is 23.1. The van der Waals surface area contributed by atoms with Crippen LogP contribution in [0.2, 0.25) is 0 Å². The highest BCUT2D eigenvalue weighted by molar-refractivity contribution is 7.18. The van der Waals surface area contributed by atoms with Crippen molar-refractivity contribution < 1.29 is 9.47 Å². The Morgan fingerprint density at radius 2 is 1.87 bits per heavy atom. The summed E-state index contributed by atoms with van der Waals surface area (Å²) in [5, 5.41) is 14.6. The number of para-hydroxylation sites is 1. The number of benzene rings is 2. The van der Waals surface area contributed by atoms with E-state index in [0.29, 0.717) is 0 Å². The maximum absolute atomic E-state index is 10.1. The predicted molar refractivity (Wildman–Crippen MR) is 127 cm³/mol. The van der Waals surface area contributed by atoms with E-state index in [1.165, 1.54) is 5.56 Å². The van der Waals surface area contributed by atoms with E-state index in [4.69, 9.17) is 14.5 Å². The molecular weight excluding hydrogens is 406 g/mol. The smallest absolute Gasteiger partial charge is 0.160 e. The molecule has 0 bridgehead atoms. The minimum atomic E-state index is -0.547. The topological polar surface area (TPSA) is 67.2 Å². The molecule has 0 saturated heterocycles. The summed E-state index contributed by atoms with van der Waals surface area (Å²) in [7, 11) is 3.30. The molecule has 31 heavy (non-hydrogen) atoms. The fraction of sp³-hybridized carbons (Fsp3) is 0.440. The lowest BCUT2D eigenvalue weighted by molar-refractivity contribution is 0.354. The van der Waals surface area contributed by atoms with Crippen LogP contribution in [0.4, 0.5) is 0 Å². The molecular formula is C25H31N3O2S. The van der Waals surface area contributed by atoms with Gasteiger partial charge < -0.3 is 14.8 Å². The monoisotopic (exact) mass is 437 g/mol. The van der Waals surface area contributed by atoms with Crippen LogP contribution >= 0.6 is 11.3 Å². The zero-order valence-electron chi connectivity index (χ0n) is 18.8. The van der Waals surface area contributed by atoms with Crippen LogP contribution in [0.3, 0.4) is 0 Å². The molecule has 0 spiro atoms. The largest absolute Gasteiger partial charge is 0.493 e. The second-order valence-electron chi connectivity index (χ2n) is 8.02. The van der Waals surface area contributed by atoms with Crippen LogP contribution in [0.15, 0.2) is 42.5 Å². The Morgan fingerprint density at radius 1 is 1.10 bits per heavy atom. The van der Waals surface area contributed by atoms with Crippen molar-refractivity contribution in [3.05, 3.63) is 53.0 Å². The molecule has 1 atom stereocenters. The van der Waals surface area contributed by atoms with Crippen molar-refractivity contribution in [1.29, 1.82) is 5.26 Å². The molecule has 0 aliphatic rings. The fourth-order valence-electron chi connectivity index (χ4n) is 3.82. The van der Waals surface area contributed by atoms with E-state index in [1.54, 1.807) is 25.6 Å². The van der Waals surface area contributed by atoms with E-state index < -0.39 is 5.41 Å². The Hall–Kier alpha value is -2.62. The Labute approximate surface area is 189 Å². The molecule has 1 heterocycles. The highest BCUT2D eigenvalue weighted by Gasteiger charge is 2.38. The summed E-state index contributed by atoms with van der Waals surface area (Å²) in [6.07, 6.45) is 2.63. The number of nitrogens with one attached hydrogen (secondary N) is 1. The molecule has 0 fully saturated rings. The van der Waals surface area contributed by atoms with Crippen molar-refractivity contribution in [2.45, 2.75) is 38.5 Å². The molecule has 0 saturated carbocycles. The van der Waals surface area contributed by atoms with Crippen molar-refractivity contribution in [1.82, 2.24) is 10.3 Å². The van der Waals surface area contributed by atoms with Crippen molar-refractivity contribution in [3.8, 4) is 17.6 Å². The molecule has 6 heteroatoms. The van der Waals surface area contributed by atoms with Crippen LogP contribution in [-0.2, 0) is 11.8 Å². The quantitative estimate of drug-likeness (QED) is 0.410. The summed E-state index contributed by atoms with van der Waals surface area (Å²) in [6, 6.07) is 16.8. The zero-order chi connectivity index (χ0) is 22.3. The van der Waals surface area contributed by atoms with E-state index in [9.17, 15) is 5.26 Å². The van der Waals surface area contributed by atoms with Crippen LogP contribution in [0.1, 0.15) is 37.3 Å². The van der Waals surface area contributed by atoms with Crippen LogP contribution in [0.25, 0.3) is 10.2 Å². The van der Waals surface area contributed by atoms with Gasteiger partial charge in [-0.05, 0) is 68.1 Å². The number of thiazole rings is 1. The number of nitrogens with zero attached hydrogens (tertiary/aromatic N) is 2. The molecule has 3 aromatic rings. The van der Waals surface area contributed by atoms with Gasteiger partial charge in [0.25, 0.3) is 0 Å². The van der Waals surface area contributed by atoms with Crippen molar-refractivity contribution in [3.63, 3.8) is 0 Å². The molecule has 1 aromatic heterocycles. The Balaban J connectivity index is 1.55. The van der Waals surface area contributed by atoms with Crippen molar-refractivity contribution in [2.24, 2.45) is 5.92 Å². The summed E-state index contributed by atoms with van der Waals surface area (Å²) in [5.74, 6) is 1.70. The highest BCUT2D eigenvalue weighted by Crippen LogP contribution is 2.40. The Bertz CT molecular complexity index is 1010. The van der Waals surface area contributed by atoms with E-state index >= 15 is 0 Å². The molecule has 0 aliphatic heterocycles. The van der Waals surface area contributed by atoms with Crippen LogP contribution in [0, 0.1) is 17.2 Å². The maximum Gasteiger partial charge on any atom is 0.160 e. The van der Waals surface area contributed by atoms with Crippen molar-refractivity contribution in [2.75, 3.05) is 27.3 Å². The lowest BCUT2D eigenvalue weighted by atomic mass is 9.75. The minimum Gasteiger partial charge on any atom is -0.493 e. The average Bonchev–Trinajstić information content (AvgIpc) is 3.23. The van der Waals surface area contributed by atoms with Gasteiger partial charge in [0.2, 0.25) is 0 Å². The lowest BCUT2D eigenvalue weighted by Crippen LogP contribution is -2.32. The van der Waals surface area contributed by atoms with E-state index in [1.807, 2.05) is 30.3 Å². The first-order valence-corrected chi connectivity index (χ1v) is 11.5. The molecule has 1 N–H and O–H groups in total. The molecule has 5 nitrogen and oxygen atoms in total. The highest BCUT2D eigenvalue weighted by atomic mass is 32.1. The first-order chi connectivity index (χ1) is 15.0. The summed E-state index contributed by atoms with van der Waals surface area (Å²) in [4.78, 5) is 4.82. The van der Waals surface area contributed by atoms with Gasteiger partial charge in [0.15, 0.2) is 11.5 Å². The predicted octanol–water partition coefficient (Wildman–Crippen LogP) is 5.34. The molecule has 0 radical (unpaired) electrons. The van der Waals surface area contributed by atoms with Gasteiger partial charge in [0, 0.05) is 0 Å². The van der Waals surface area contributed by atoms with Gasteiger partial charge in [-0.1, -0.05) is 32.0 Å². The van der Waals surface area contributed by atoms with E-state index in [-0.39, 0.29) is 5.92 Å². The number of fused-ring (bicyclic) bond motifs is 1. The summed E-state index contributed by atoms with van der Waals surface area (Å²) in [5.41, 5.74) is 1.64. The third kappa shape index (κ3) is 5.17. The lowest BCUT2D eigenvalue weighted by Gasteiger charge is -2.28. The number of aromatic nitrogens is 1. The number of rotatable bonds is 11. The zero-order valence-corrected chi connectivity index (χ0v) is 19.6. The SMILES string of the molecule is COc1ccc(CCNCCCC(C#N)(c2nc3ccccc3s2)C(C)C)cc1OC. The first-order valence-electron chi connectivity index (χ1n) is 10.7. The van der Waals surface area contributed by atoms with Crippen molar-refractivity contribution >= 4 is 21.6 Å². The summed E-state index contributed by atoms with van der Waals surface area (Å²) < 4.78 is 11.8. The number of hydrogen-bond donors (Lipinski definition) is 1. The number of ether oxygens (including phenoxy) is 2. The second kappa shape index (κ2) is 10.6. The van der Waals surface area contributed by atoms with Gasteiger partial charge in [-0.25, -0.2) is 4.98 Å². The van der Waals surface area contributed by atoms with Gasteiger partial charge in [-0.3, -0.25) is 0 Å². The van der Waals surface area contributed by atoms with Gasteiger partial charge in [0.05, 0.1) is 30.5 Å². The van der Waals surface area contributed by atoms with Gasteiger partial charge in [-0.2, -0.15) is 5.26 Å². The summed E-state index contributed by atoms with van der Waals surface area (Å²) >= 11 is 1.65. The Kier molecular flexibility index (Phi) is 7.89. The number of methoxy groups -OCH3 is 2. The molecule has 164 valence electrons. The average molecular weight is 438 g/mol. The van der Waals surface area contributed by atoms with Gasteiger partial charge >= 0.3 is 0 Å². The van der Waals surface area contributed by atoms with Gasteiger partial charge in [0.1, 0.15) is 10.4 Å². The molecule has 3 rings (SSSR count). The number of nitriles is 1. The molecule has 0 amide bonds. The van der Waals surface area contributed by atoms with Gasteiger partial charge in [-0.15, -0.1) is 11.3 Å². The fourth-order valence-corrected chi connectivity index (χ4v) is 5.11. The molecule has 0 aliphatic carbocycles. The maximum atomic E-state index is 10.1. The third-order valence-corrected chi connectivity index (χ3v) is 7.04. The molecule has 1 unspecified atom stereocenters. The normalized spacial score (nSPS) is 13.2. The third-order valence-electron chi connectivity index (χ3n) is 5.82. The van der Waals surface area contributed by atoms with E-state index in [2.05, 4.69) is 37.4 Å². The number of hydrogen-bond acceptors (Lipinski definition) is 6. The summed E-state index contributed by atoms with van der Waals surface area (Å²) in [6.45, 7) is 5.99. The van der Waals surface area contributed by atoms with Crippen LogP contribution in [-0.4, -0.2) is 32.3 Å². The molecule has 2 aromatic carbocycles.